The Balaban J connectivity index is 2.17. The lowest BCUT2D eigenvalue weighted by Crippen LogP contribution is -2.04. The zero-order valence-electron chi connectivity index (χ0n) is 14.7. The van der Waals surface area contributed by atoms with Crippen LogP contribution in [0.4, 0.5) is 5.69 Å². The number of unbranched alkanes of at least 4 members (excludes halogenated alkanes) is 2. The van der Waals surface area contributed by atoms with E-state index in [9.17, 15) is 0 Å². The minimum absolute atomic E-state index is 0.705. The van der Waals surface area contributed by atoms with E-state index in [4.69, 9.17) is 5.73 Å². The van der Waals surface area contributed by atoms with Crippen molar-refractivity contribution in [2.75, 3.05) is 5.73 Å². The molecule has 0 aliphatic carbocycles. The van der Waals surface area contributed by atoms with Gasteiger partial charge in [-0.05, 0) is 54.0 Å². The molecule has 0 aliphatic heterocycles. The van der Waals surface area contributed by atoms with E-state index in [1.54, 1.807) is 5.56 Å². The Bertz CT molecular complexity index is 571. The lowest BCUT2D eigenvalue weighted by Gasteiger charge is -2.20. The number of nitrogens with two attached hydrogens (primary N) is 1. The summed E-state index contributed by atoms with van der Waals surface area (Å²) in [6.45, 7) is 4.58. The van der Waals surface area contributed by atoms with E-state index in [2.05, 4.69) is 50.2 Å². The van der Waals surface area contributed by atoms with E-state index in [-0.39, 0.29) is 0 Å². The topological polar surface area (TPSA) is 26.0 Å². The average Bonchev–Trinajstić information content (AvgIpc) is 2.57. The van der Waals surface area contributed by atoms with Gasteiger partial charge in [0.15, 0.2) is 0 Å². The highest BCUT2D eigenvalue weighted by molar-refractivity contribution is 5.42. The van der Waals surface area contributed by atoms with E-state index in [0.29, 0.717) is 5.92 Å². The van der Waals surface area contributed by atoms with Crippen LogP contribution >= 0.6 is 0 Å². The third-order valence-electron chi connectivity index (χ3n) is 4.66. The highest BCUT2D eigenvalue weighted by atomic mass is 14.5. The predicted molar refractivity (Wildman–Crippen MR) is 102 cm³/mol. The molecular weight excluding hydrogens is 278 g/mol. The number of hydrogen-bond acceptors (Lipinski definition) is 1. The Hall–Kier alpha value is -1.76. The Labute approximate surface area is 141 Å². The molecule has 0 fully saturated rings. The van der Waals surface area contributed by atoms with Gasteiger partial charge in [0, 0.05) is 5.69 Å². The maximum absolute atomic E-state index is 5.81. The fraction of sp³-hybridized carbons (Fsp3) is 0.455. The van der Waals surface area contributed by atoms with Gasteiger partial charge >= 0.3 is 0 Å². The first kappa shape index (κ1) is 17.6. The summed E-state index contributed by atoms with van der Waals surface area (Å²) in [6.07, 6.45) is 8.87. The maximum atomic E-state index is 5.81. The van der Waals surface area contributed by atoms with Gasteiger partial charge in [-0.2, -0.15) is 0 Å². The maximum Gasteiger partial charge on any atom is 0.0314 e. The molecule has 124 valence electrons. The largest absolute Gasteiger partial charge is 0.399 e. The predicted octanol–water partition coefficient (Wildman–Crippen LogP) is 6.32. The summed E-state index contributed by atoms with van der Waals surface area (Å²) >= 11 is 0. The molecule has 0 aliphatic rings. The molecule has 1 nitrogen and oxygen atoms in total. The lowest BCUT2D eigenvalue weighted by atomic mass is 9.85. The van der Waals surface area contributed by atoms with Crippen LogP contribution in [0.1, 0.15) is 75.0 Å². The van der Waals surface area contributed by atoms with Gasteiger partial charge in [0.1, 0.15) is 0 Å². The molecule has 0 spiro atoms. The van der Waals surface area contributed by atoms with Gasteiger partial charge in [0.25, 0.3) is 0 Å². The number of nitrogen functional groups attached to an aromatic ring is 1. The molecule has 0 bridgehead atoms. The second-order valence-corrected chi connectivity index (χ2v) is 6.60. The van der Waals surface area contributed by atoms with Gasteiger partial charge in [0.05, 0.1) is 0 Å². The first-order valence-corrected chi connectivity index (χ1v) is 9.16. The normalized spacial score (nSPS) is 12.3. The van der Waals surface area contributed by atoms with E-state index in [0.717, 1.165) is 12.1 Å². The zero-order chi connectivity index (χ0) is 16.5. The van der Waals surface area contributed by atoms with Crippen molar-refractivity contribution in [2.24, 2.45) is 0 Å². The molecule has 0 heterocycles. The first-order chi connectivity index (χ1) is 11.2. The van der Waals surface area contributed by atoms with E-state index < -0.39 is 0 Å². The number of benzene rings is 2. The first-order valence-electron chi connectivity index (χ1n) is 9.16. The van der Waals surface area contributed by atoms with Crippen LogP contribution in [0.25, 0.3) is 0 Å². The number of rotatable bonds is 9. The molecule has 0 aromatic heterocycles. The molecular formula is C22H31N. The summed E-state index contributed by atoms with van der Waals surface area (Å²) in [5.41, 5.74) is 11.0. The van der Waals surface area contributed by atoms with Gasteiger partial charge in [-0.1, -0.05) is 75.9 Å². The second-order valence-electron chi connectivity index (χ2n) is 6.60. The van der Waals surface area contributed by atoms with Crippen LogP contribution in [0.3, 0.4) is 0 Å². The minimum Gasteiger partial charge on any atom is -0.399 e. The SMILES string of the molecule is CCCCCC(CCC)c1ccccc1Cc1ccc(N)cc1. The van der Waals surface area contributed by atoms with E-state index in [1.165, 1.54) is 49.7 Å². The van der Waals surface area contributed by atoms with Gasteiger partial charge in [-0.15, -0.1) is 0 Å². The lowest BCUT2D eigenvalue weighted by molar-refractivity contribution is 0.526. The molecule has 0 amide bonds. The number of hydrogen-bond donors (Lipinski definition) is 1. The zero-order valence-corrected chi connectivity index (χ0v) is 14.7. The molecule has 2 rings (SSSR count). The third-order valence-corrected chi connectivity index (χ3v) is 4.66. The van der Waals surface area contributed by atoms with Crippen molar-refractivity contribution < 1.29 is 0 Å². The van der Waals surface area contributed by atoms with Crippen LogP contribution in [-0.4, -0.2) is 0 Å². The van der Waals surface area contributed by atoms with Crippen LogP contribution in [0.2, 0.25) is 0 Å². The summed E-state index contributed by atoms with van der Waals surface area (Å²) in [5, 5.41) is 0. The van der Waals surface area contributed by atoms with Crippen LogP contribution < -0.4 is 5.73 Å². The Morgan fingerprint density at radius 2 is 1.57 bits per heavy atom. The molecule has 2 aromatic rings. The molecule has 2 aromatic carbocycles. The van der Waals surface area contributed by atoms with E-state index >= 15 is 0 Å². The average molecular weight is 309 g/mol. The fourth-order valence-electron chi connectivity index (χ4n) is 3.39. The molecule has 1 unspecified atom stereocenters. The Morgan fingerprint density at radius 3 is 2.26 bits per heavy atom. The standard InChI is InChI=1S/C22H31N/c1-3-5-6-10-19(9-4-2)22-12-8-7-11-20(22)17-18-13-15-21(23)16-14-18/h7-8,11-16,19H,3-6,9-10,17,23H2,1-2H3. The Kier molecular flexibility index (Phi) is 7.19. The monoisotopic (exact) mass is 309 g/mol. The van der Waals surface area contributed by atoms with Crippen LogP contribution in [-0.2, 0) is 6.42 Å². The molecule has 1 heteroatoms. The third kappa shape index (κ3) is 5.42. The summed E-state index contributed by atoms with van der Waals surface area (Å²) in [4.78, 5) is 0. The molecule has 0 saturated heterocycles. The minimum atomic E-state index is 0.705. The molecule has 0 saturated carbocycles. The van der Waals surface area contributed by atoms with Crippen molar-refractivity contribution in [1.82, 2.24) is 0 Å². The van der Waals surface area contributed by atoms with Gasteiger partial charge in [0.2, 0.25) is 0 Å². The van der Waals surface area contributed by atoms with Crippen molar-refractivity contribution in [3.8, 4) is 0 Å². The molecule has 1 atom stereocenters. The van der Waals surface area contributed by atoms with Crippen molar-refractivity contribution in [2.45, 2.75) is 64.7 Å². The van der Waals surface area contributed by atoms with E-state index in [1.807, 2.05) is 12.1 Å². The summed E-state index contributed by atoms with van der Waals surface area (Å²) in [7, 11) is 0. The van der Waals surface area contributed by atoms with Crippen LogP contribution in [0.15, 0.2) is 48.5 Å². The number of anilines is 1. The molecule has 0 radical (unpaired) electrons. The summed E-state index contributed by atoms with van der Waals surface area (Å²) in [6, 6.07) is 17.3. The fourth-order valence-corrected chi connectivity index (χ4v) is 3.39. The van der Waals surface area contributed by atoms with Gasteiger partial charge in [-0.25, -0.2) is 0 Å². The van der Waals surface area contributed by atoms with Crippen molar-refractivity contribution in [3.63, 3.8) is 0 Å². The highest BCUT2D eigenvalue weighted by Crippen LogP contribution is 2.31. The smallest absolute Gasteiger partial charge is 0.0314 e. The van der Waals surface area contributed by atoms with Crippen molar-refractivity contribution in [3.05, 3.63) is 65.2 Å². The molecule has 23 heavy (non-hydrogen) atoms. The van der Waals surface area contributed by atoms with Crippen LogP contribution in [0.5, 0.6) is 0 Å². The quantitative estimate of drug-likeness (QED) is 0.425. The second kappa shape index (κ2) is 9.39. The highest BCUT2D eigenvalue weighted by Gasteiger charge is 2.14. The summed E-state index contributed by atoms with van der Waals surface area (Å²) < 4.78 is 0. The van der Waals surface area contributed by atoms with Gasteiger partial charge < -0.3 is 5.73 Å². The van der Waals surface area contributed by atoms with Crippen molar-refractivity contribution in [1.29, 1.82) is 0 Å². The summed E-state index contributed by atoms with van der Waals surface area (Å²) in [5.74, 6) is 0.705. The van der Waals surface area contributed by atoms with Gasteiger partial charge in [-0.3, -0.25) is 0 Å². The Morgan fingerprint density at radius 1 is 0.826 bits per heavy atom. The molecule has 2 N–H and O–H groups in total. The van der Waals surface area contributed by atoms with Crippen LogP contribution in [0, 0.1) is 0 Å². The van der Waals surface area contributed by atoms with Crippen molar-refractivity contribution >= 4 is 5.69 Å².